The molecule has 5 nitrogen and oxygen atoms in total. The van der Waals surface area contributed by atoms with Gasteiger partial charge in [-0.25, -0.2) is 10.7 Å². The van der Waals surface area contributed by atoms with Crippen LogP contribution in [-0.2, 0) is 9.53 Å². The van der Waals surface area contributed by atoms with Gasteiger partial charge in [-0.15, -0.1) is 0 Å². The maximum absolute atomic E-state index is 10.5. The number of hydrogen-bond donors (Lipinski definition) is 3. The van der Waals surface area contributed by atoms with Gasteiger partial charge in [0.25, 0.3) is 0 Å². The van der Waals surface area contributed by atoms with Crippen molar-refractivity contribution in [3.63, 3.8) is 0 Å². The van der Waals surface area contributed by atoms with Crippen molar-refractivity contribution in [3.8, 4) is 0 Å². The molecule has 0 spiro atoms. The van der Waals surface area contributed by atoms with E-state index < -0.39 is 12.1 Å². The fourth-order valence-electron chi connectivity index (χ4n) is 2.12. The zero-order valence-corrected chi connectivity index (χ0v) is 7.35. The lowest BCUT2D eigenvalue weighted by Gasteiger charge is -2.25. The second-order valence-electron chi connectivity index (χ2n) is 3.50. The first-order valence-electron chi connectivity index (χ1n) is 4.40. The summed E-state index contributed by atoms with van der Waals surface area (Å²) < 4.78 is 5.34. The molecule has 2 rings (SSSR count). The lowest BCUT2D eigenvalue weighted by molar-refractivity contribution is -0.158. The average Bonchev–Trinajstić information content (AvgIpc) is 2.48. The number of carboxylic acid groups (broad SMARTS) is 1. The summed E-state index contributed by atoms with van der Waals surface area (Å²) in [6.45, 7) is 0. The van der Waals surface area contributed by atoms with E-state index >= 15 is 0 Å². The molecule has 4 N–H and O–H groups in total. The van der Waals surface area contributed by atoms with Crippen LogP contribution >= 0.6 is 0 Å². The number of aliphatic carboxylic acids is 1. The highest BCUT2D eigenvalue weighted by Gasteiger charge is 2.37. The molecule has 0 radical (unpaired) electrons. The molecule has 1 saturated heterocycles. The van der Waals surface area contributed by atoms with Gasteiger partial charge in [0.15, 0.2) is 6.10 Å². The SMILES string of the molecule is NO.O=C(O)C1CC2CCC(C2)O1. The molecule has 13 heavy (non-hydrogen) atoms. The number of hydrogen-bond acceptors (Lipinski definition) is 4. The van der Waals surface area contributed by atoms with Gasteiger partial charge < -0.3 is 15.1 Å². The molecule has 2 bridgehead atoms. The van der Waals surface area contributed by atoms with Crippen molar-refractivity contribution >= 4 is 5.97 Å². The highest BCUT2D eigenvalue weighted by molar-refractivity contribution is 5.72. The fourth-order valence-corrected chi connectivity index (χ4v) is 2.12. The topological polar surface area (TPSA) is 92.8 Å². The summed E-state index contributed by atoms with van der Waals surface area (Å²) in [4.78, 5) is 10.5. The fraction of sp³-hybridized carbons (Fsp3) is 0.875. The molecule has 5 heteroatoms. The second kappa shape index (κ2) is 4.55. The summed E-state index contributed by atoms with van der Waals surface area (Å²) in [5.74, 6) is 3.33. The minimum atomic E-state index is -0.790. The molecule has 2 aliphatic rings. The second-order valence-corrected chi connectivity index (χ2v) is 3.50. The Hall–Kier alpha value is -0.650. The lowest BCUT2D eigenvalue weighted by atomic mass is 9.98. The Morgan fingerprint density at radius 3 is 2.54 bits per heavy atom. The van der Waals surface area contributed by atoms with Crippen molar-refractivity contribution in [1.82, 2.24) is 0 Å². The van der Waals surface area contributed by atoms with Crippen molar-refractivity contribution < 1.29 is 19.8 Å². The van der Waals surface area contributed by atoms with Crippen LogP contribution in [0.25, 0.3) is 0 Å². The Labute approximate surface area is 76.4 Å². The van der Waals surface area contributed by atoms with Crippen molar-refractivity contribution in [2.45, 2.75) is 37.9 Å². The third kappa shape index (κ3) is 2.40. The molecule has 0 amide bonds. The van der Waals surface area contributed by atoms with E-state index in [-0.39, 0.29) is 6.10 Å². The van der Waals surface area contributed by atoms with Gasteiger partial charge in [0.1, 0.15) is 0 Å². The summed E-state index contributed by atoms with van der Waals surface area (Å²) >= 11 is 0. The van der Waals surface area contributed by atoms with Crippen molar-refractivity contribution in [2.24, 2.45) is 11.8 Å². The molecular weight excluding hydrogens is 174 g/mol. The predicted molar refractivity (Wildman–Crippen MR) is 44.2 cm³/mol. The number of ether oxygens (including phenoxy) is 1. The van der Waals surface area contributed by atoms with Crippen LogP contribution in [0, 0.1) is 5.92 Å². The molecule has 1 heterocycles. The smallest absolute Gasteiger partial charge is 0.332 e. The first-order valence-corrected chi connectivity index (χ1v) is 4.40. The van der Waals surface area contributed by atoms with Gasteiger partial charge in [0.05, 0.1) is 6.10 Å². The van der Waals surface area contributed by atoms with E-state index in [1.54, 1.807) is 0 Å². The summed E-state index contributed by atoms with van der Waals surface area (Å²) in [6, 6.07) is 0. The molecule has 3 unspecified atom stereocenters. The van der Waals surface area contributed by atoms with Crippen LogP contribution in [0.15, 0.2) is 0 Å². The first kappa shape index (κ1) is 10.4. The Morgan fingerprint density at radius 1 is 1.31 bits per heavy atom. The van der Waals surface area contributed by atoms with Crippen LogP contribution < -0.4 is 5.90 Å². The maximum Gasteiger partial charge on any atom is 0.332 e. The normalized spacial score (nSPS) is 36.3. The van der Waals surface area contributed by atoms with E-state index in [4.69, 9.17) is 15.1 Å². The van der Waals surface area contributed by atoms with Crippen molar-refractivity contribution in [1.29, 1.82) is 0 Å². The standard InChI is InChI=1S/C8H12O3.H3NO/c9-8(10)7-4-5-1-2-6(3-5)11-7;1-2/h5-7H,1-4H2,(H,9,10);2H,1H2. The first-order chi connectivity index (χ1) is 6.25. The molecule has 0 aromatic rings. The van der Waals surface area contributed by atoms with E-state index in [2.05, 4.69) is 5.90 Å². The zero-order chi connectivity index (χ0) is 9.84. The summed E-state index contributed by atoms with van der Waals surface area (Å²) in [7, 11) is 0. The summed E-state index contributed by atoms with van der Waals surface area (Å²) in [5, 5.41) is 15.2. The van der Waals surface area contributed by atoms with E-state index in [1.807, 2.05) is 0 Å². The van der Waals surface area contributed by atoms with Gasteiger partial charge in [0, 0.05) is 0 Å². The lowest BCUT2D eigenvalue weighted by Crippen LogP contribution is -2.33. The molecular formula is C8H15NO4. The molecule has 2 fully saturated rings. The van der Waals surface area contributed by atoms with Gasteiger partial charge >= 0.3 is 5.97 Å². The Kier molecular flexibility index (Phi) is 3.65. The van der Waals surface area contributed by atoms with E-state index in [0.717, 1.165) is 25.7 Å². The third-order valence-electron chi connectivity index (χ3n) is 2.67. The Balaban J connectivity index is 0.000000396. The molecule has 1 aliphatic carbocycles. The van der Waals surface area contributed by atoms with Gasteiger partial charge in [-0.05, 0) is 31.6 Å². The average molecular weight is 189 g/mol. The van der Waals surface area contributed by atoms with Crippen LogP contribution in [0.3, 0.4) is 0 Å². The number of carboxylic acids is 1. The van der Waals surface area contributed by atoms with Crippen molar-refractivity contribution in [3.05, 3.63) is 0 Å². The van der Waals surface area contributed by atoms with Crippen LogP contribution in [-0.4, -0.2) is 28.5 Å². The van der Waals surface area contributed by atoms with Crippen LogP contribution in [0.2, 0.25) is 0 Å². The highest BCUT2D eigenvalue weighted by atomic mass is 16.5. The monoisotopic (exact) mass is 189 g/mol. The van der Waals surface area contributed by atoms with Gasteiger partial charge in [-0.1, -0.05) is 0 Å². The van der Waals surface area contributed by atoms with Crippen LogP contribution in [0.1, 0.15) is 25.7 Å². The number of nitrogens with two attached hydrogens (primary N) is 1. The largest absolute Gasteiger partial charge is 0.479 e. The van der Waals surface area contributed by atoms with Crippen LogP contribution in [0.4, 0.5) is 0 Å². The zero-order valence-electron chi connectivity index (χ0n) is 7.35. The van der Waals surface area contributed by atoms with E-state index in [1.165, 1.54) is 0 Å². The van der Waals surface area contributed by atoms with Crippen LogP contribution in [0.5, 0.6) is 0 Å². The maximum atomic E-state index is 10.5. The number of carbonyl (C=O) groups is 1. The van der Waals surface area contributed by atoms with Crippen molar-refractivity contribution in [2.75, 3.05) is 0 Å². The molecule has 1 saturated carbocycles. The minimum absolute atomic E-state index is 0.245. The number of rotatable bonds is 1. The Morgan fingerprint density at radius 2 is 2.00 bits per heavy atom. The quantitative estimate of drug-likeness (QED) is 0.518. The molecule has 3 atom stereocenters. The highest BCUT2D eigenvalue weighted by Crippen LogP contribution is 2.37. The summed E-state index contributed by atoms with van der Waals surface area (Å²) in [5.41, 5.74) is 0. The minimum Gasteiger partial charge on any atom is -0.479 e. The number of fused-ring (bicyclic) bond motifs is 2. The Bertz CT molecular complexity index is 173. The molecule has 76 valence electrons. The predicted octanol–water partition coefficient (Wildman–Crippen LogP) is 0.363. The summed E-state index contributed by atoms with van der Waals surface area (Å²) in [6.07, 6.45) is 3.77. The molecule has 0 aromatic carbocycles. The van der Waals surface area contributed by atoms with E-state index in [9.17, 15) is 4.79 Å². The molecule has 1 aliphatic heterocycles. The van der Waals surface area contributed by atoms with Gasteiger partial charge in [-0.2, -0.15) is 0 Å². The molecule has 0 aromatic heterocycles. The van der Waals surface area contributed by atoms with Gasteiger partial charge in [-0.3, -0.25) is 0 Å². The third-order valence-corrected chi connectivity index (χ3v) is 2.67. The van der Waals surface area contributed by atoms with Gasteiger partial charge in [0.2, 0.25) is 0 Å². The van der Waals surface area contributed by atoms with E-state index in [0.29, 0.717) is 5.92 Å².